The average Bonchev–Trinajstić information content (AvgIpc) is 2.02. The zero-order valence-electron chi connectivity index (χ0n) is 7.33. The molecule has 5 heteroatoms. The fourth-order valence-corrected chi connectivity index (χ4v) is 1.46. The van der Waals surface area contributed by atoms with Gasteiger partial charge in [0.05, 0.1) is 0 Å². The SMILES string of the molecule is CN(C)N=Nc1ccc(Cl)cc1Br. The quantitative estimate of drug-likeness (QED) is 0.590. The van der Waals surface area contributed by atoms with E-state index in [0.717, 1.165) is 10.2 Å². The van der Waals surface area contributed by atoms with Crippen molar-refractivity contribution in [3.8, 4) is 0 Å². The molecule has 0 aliphatic carbocycles. The molecule has 70 valence electrons. The Bertz CT molecular complexity index is 325. The minimum absolute atomic E-state index is 0.677. The Labute approximate surface area is 90.5 Å². The molecular weight excluding hydrogens is 253 g/mol. The third kappa shape index (κ3) is 3.32. The summed E-state index contributed by atoms with van der Waals surface area (Å²) >= 11 is 9.11. The highest BCUT2D eigenvalue weighted by Gasteiger charge is 1.98. The van der Waals surface area contributed by atoms with Crippen LogP contribution < -0.4 is 0 Å². The molecule has 0 saturated heterocycles. The van der Waals surface area contributed by atoms with Crippen molar-refractivity contribution >= 4 is 33.2 Å². The second-order valence-electron chi connectivity index (χ2n) is 2.63. The van der Waals surface area contributed by atoms with E-state index in [1.165, 1.54) is 0 Å². The van der Waals surface area contributed by atoms with Crippen molar-refractivity contribution in [2.75, 3.05) is 14.1 Å². The highest BCUT2D eigenvalue weighted by molar-refractivity contribution is 9.10. The molecule has 0 spiro atoms. The van der Waals surface area contributed by atoms with Gasteiger partial charge < -0.3 is 0 Å². The molecule has 1 aromatic rings. The molecule has 0 N–H and O–H groups in total. The van der Waals surface area contributed by atoms with E-state index in [0.29, 0.717) is 5.02 Å². The Morgan fingerprint density at radius 2 is 2.08 bits per heavy atom. The van der Waals surface area contributed by atoms with E-state index in [2.05, 4.69) is 26.3 Å². The minimum Gasteiger partial charge on any atom is -0.285 e. The number of hydrogen-bond acceptors (Lipinski definition) is 2. The highest BCUT2D eigenvalue weighted by atomic mass is 79.9. The van der Waals surface area contributed by atoms with Gasteiger partial charge >= 0.3 is 0 Å². The van der Waals surface area contributed by atoms with Gasteiger partial charge in [-0.25, -0.2) is 0 Å². The monoisotopic (exact) mass is 261 g/mol. The first kappa shape index (κ1) is 10.5. The van der Waals surface area contributed by atoms with Crippen LogP contribution in [0, 0.1) is 0 Å². The number of nitrogens with zero attached hydrogens (tertiary/aromatic N) is 3. The number of halogens is 2. The molecule has 13 heavy (non-hydrogen) atoms. The fourth-order valence-electron chi connectivity index (χ4n) is 0.700. The van der Waals surface area contributed by atoms with Gasteiger partial charge in [-0.05, 0) is 34.1 Å². The Morgan fingerprint density at radius 1 is 1.38 bits per heavy atom. The molecule has 1 aromatic carbocycles. The molecule has 0 atom stereocenters. The average molecular weight is 263 g/mol. The summed E-state index contributed by atoms with van der Waals surface area (Å²) in [5.41, 5.74) is 0.762. The molecule has 3 nitrogen and oxygen atoms in total. The topological polar surface area (TPSA) is 28.0 Å². The molecule has 0 aromatic heterocycles. The van der Waals surface area contributed by atoms with Crippen LogP contribution in [0.15, 0.2) is 33.0 Å². The van der Waals surface area contributed by atoms with Crippen LogP contribution in [0.3, 0.4) is 0 Å². The molecular formula is C8H9BrClN3. The maximum atomic E-state index is 5.77. The van der Waals surface area contributed by atoms with E-state index in [9.17, 15) is 0 Å². The Kier molecular flexibility index (Phi) is 3.69. The summed E-state index contributed by atoms with van der Waals surface area (Å²) < 4.78 is 0.839. The van der Waals surface area contributed by atoms with E-state index in [4.69, 9.17) is 11.6 Å². The van der Waals surface area contributed by atoms with Crippen molar-refractivity contribution in [1.82, 2.24) is 5.01 Å². The van der Waals surface area contributed by atoms with Crippen molar-refractivity contribution in [1.29, 1.82) is 0 Å². The maximum absolute atomic E-state index is 5.77. The summed E-state index contributed by atoms with van der Waals surface area (Å²) in [4.78, 5) is 0. The molecule has 0 unspecified atom stereocenters. The second kappa shape index (κ2) is 4.58. The predicted molar refractivity (Wildman–Crippen MR) is 57.4 cm³/mol. The molecule has 1 rings (SSSR count). The molecule has 0 heterocycles. The third-order valence-corrected chi connectivity index (χ3v) is 2.11. The van der Waals surface area contributed by atoms with Crippen molar-refractivity contribution in [2.24, 2.45) is 10.3 Å². The first-order valence-electron chi connectivity index (χ1n) is 3.63. The van der Waals surface area contributed by atoms with Gasteiger partial charge in [0.25, 0.3) is 0 Å². The van der Waals surface area contributed by atoms with Crippen LogP contribution in [0.2, 0.25) is 5.02 Å². The molecule has 0 aliphatic heterocycles. The van der Waals surface area contributed by atoms with Gasteiger partial charge in [0.2, 0.25) is 0 Å². The lowest BCUT2D eigenvalue weighted by Crippen LogP contribution is -1.98. The normalized spacial score (nSPS) is 10.8. The van der Waals surface area contributed by atoms with Crippen molar-refractivity contribution in [3.63, 3.8) is 0 Å². The molecule has 0 radical (unpaired) electrons. The summed E-state index contributed by atoms with van der Waals surface area (Å²) in [6.45, 7) is 0. The van der Waals surface area contributed by atoms with Crippen LogP contribution in [0.4, 0.5) is 5.69 Å². The van der Waals surface area contributed by atoms with E-state index >= 15 is 0 Å². The van der Waals surface area contributed by atoms with Crippen LogP contribution in [0.5, 0.6) is 0 Å². The standard InChI is InChI=1S/C8H9BrClN3/c1-13(2)12-11-8-4-3-6(10)5-7(8)9/h3-5H,1-2H3. The number of benzene rings is 1. The van der Waals surface area contributed by atoms with Gasteiger partial charge in [0.1, 0.15) is 5.69 Å². The predicted octanol–water partition coefficient (Wildman–Crippen LogP) is 3.66. The van der Waals surface area contributed by atoms with Gasteiger partial charge in [0.15, 0.2) is 0 Å². The zero-order chi connectivity index (χ0) is 9.84. The van der Waals surface area contributed by atoms with E-state index in [1.807, 2.05) is 14.1 Å². The van der Waals surface area contributed by atoms with Gasteiger partial charge in [-0.3, -0.25) is 5.01 Å². The summed E-state index contributed by atoms with van der Waals surface area (Å²) in [6.07, 6.45) is 0. The van der Waals surface area contributed by atoms with Crippen LogP contribution in [-0.4, -0.2) is 19.1 Å². The molecule has 0 bridgehead atoms. The van der Waals surface area contributed by atoms with E-state index in [-0.39, 0.29) is 0 Å². The zero-order valence-corrected chi connectivity index (χ0v) is 9.67. The highest BCUT2D eigenvalue weighted by Crippen LogP contribution is 2.28. The van der Waals surface area contributed by atoms with Crippen LogP contribution in [0.1, 0.15) is 0 Å². The molecule has 0 fully saturated rings. The van der Waals surface area contributed by atoms with Crippen LogP contribution in [0.25, 0.3) is 0 Å². The summed E-state index contributed by atoms with van der Waals surface area (Å²) in [6, 6.07) is 5.36. The first-order valence-corrected chi connectivity index (χ1v) is 4.80. The fraction of sp³-hybridized carbons (Fsp3) is 0.250. The van der Waals surface area contributed by atoms with E-state index < -0.39 is 0 Å². The van der Waals surface area contributed by atoms with Gasteiger partial charge in [-0.1, -0.05) is 16.8 Å². The number of rotatable bonds is 2. The molecule has 0 saturated carbocycles. The second-order valence-corrected chi connectivity index (χ2v) is 3.92. The molecule has 0 aliphatic rings. The first-order chi connectivity index (χ1) is 6.09. The third-order valence-electron chi connectivity index (χ3n) is 1.24. The van der Waals surface area contributed by atoms with E-state index in [1.54, 1.807) is 23.2 Å². The lowest BCUT2D eigenvalue weighted by molar-refractivity contribution is 0.408. The van der Waals surface area contributed by atoms with Crippen LogP contribution >= 0.6 is 27.5 Å². The lowest BCUT2D eigenvalue weighted by Gasteiger charge is -2.01. The summed E-state index contributed by atoms with van der Waals surface area (Å²) in [7, 11) is 3.63. The summed E-state index contributed by atoms with van der Waals surface area (Å²) in [5, 5.41) is 10.2. The molecule has 0 amide bonds. The van der Waals surface area contributed by atoms with Crippen molar-refractivity contribution in [3.05, 3.63) is 27.7 Å². The van der Waals surface area contributed by atoms with Gasteiger partial charge in [0, 0.05) is 23.6 Å². The lowest BCUT2D eigenvalue weighted by atomic mass is 10.3. The largest absolute Gasteiger partial charge is 0.285 e. The van der Waals surface area contributed by atoms with Crippen LogP contribution in [-0.2, 0) is 0 Å². The Morgan fingerprint density at radius 3 is 2.62 bits per heavy atom. The Balaban J connectivity index is 2.90. The number of hydrogen-bond donors (Lipinski definition) is 0. The van der Waals surface area contributed by atoms with Gasteiger partial charge in [-0.2, -0.15) is 0 Å². The minimum atomic E-state index is 0.677. The summed E-state index contributed by atoms with van der Waals surface area (Å²) in [5.74, 6) is 0. The maximum Gasteiger partial charge on any atom is 0.102 e. The Hall–Kier alpha value is -0.610. The smallest absolute Gasteiger partial charge is 0.102 e. The van der Waals surface area contributed by atoms with Crippen molar-refractivity contribution < 1.29 is 0 Å². The van der Waals surface area contributed by atoms with Gasteiger partial charge in [-0.15, -0.1) is 5.11 Å². The van der Waals surface area contributed by atoms with Crippen molar-refractivity contribution in [2.45, 2.75) is 0 Å².